The fraction of sp³-hybridized carbons (Fsp3) is 0. The van der Waals surface area contributed by atoms with Crippen LogP contribution in [0.1, 0.15) is 0 Å². The van der Waals surface area contributed by atoms with E-state index in [2.05, 4.69) is 25.9 Å². The Labute approximate surface area is 100 Å². The third-order valence-corrected chi connectivity index (χ3v) is 3.01. The predicted molar refractivity (Wildman–Crippen MR) is 64.9 cm³/mol. The molecule has 1 aromatic carbocycles. The Bertz CT molecular complexity index is 635. The van der Waals surface area contributed by atoms with Crippen LogP contribution < -0.4 is 0 Å². The molecule has 0 saturated heterocycles. The van der Waals surface area contributed by atoms with Crippen molar-refractivity contribution in [1.82, 2.24) is 9.97 Å². The number of rotatable bonds is 1. The minimum absolute atomic E-state index is 0.755. The Morgan fingerprint density at radius 2 is 2.00 bits per heavy atom. The molecule has 0 radical (unpaired) electrons. The Kier molecular flexibility index (Phi) is 2.22. The summed E-state index contributed by atoms with van der Waals surface area (Å²) in [4.78, 5) is 8.52. The van der Waals surface area contributed by atoms with Gasteiger partial charge in [-0.3, -0.25) is 0 Å². The Balaban J connectivity index is 2.38. The number of fused-ring (bicyclic) bond motifs is 1. The van der Waals surface area contributed by atoms with E-state index in [1.54, 1.807) is 12.6 Å². The second-order valence-electron chi connectivity index (χ2n) is 3.34. The molecule has 3 nitrogen and oxygen atoms in total. The van der Waals surface area contributed by atoms with E-state index in [0.29, 0.717) is 0 Å². The second kappa shape index (κ2) is 3.72. The van der Waals surface area contributed by atoms with Gasteiger partial charge in [0, 0.05) is 9.86 Å². The summed E-state index contributed by atoms with van der Waals surface area (Å²) in [6.45, 7) is 0. The van der Waals surface area contributed by atoms with Gasteiger partial charge in [-0.25, -0.2) is 9.97 Å². The van der Waals surface area contributed by atoms with E-state index >= 15 is 0 Å². The first kappa shape index (κ1) is 9.54. The van der Waals surface area contributed by atoms with Crippen LogP contribution in [0, 0.1) is 0 Å². The van der Waals surface area contributed by atoms with Crippen molar-refractivity contribution in [2.75, 3.05) is 0 Å². The molecule has 0 N–H and O–H groups in total. The average Bonchev–Trinajstić information content (AvgIpc) is 2.82. The molecule has 3 aromatic rings. The lowest BCUT2D eigenvalue weighted by molar-refractivity contribution is 0.580. The van der Waals surface area contributed by atoms with Gasteiger partial charge in [-0.15, -0.1) is 0 Å². The topological polar surface area (TPSA) is 38.9 Å². The molecular weight excluding hydrogens is 268 g/mol. The summed E-state index contributed by atoms with van der Waals surface area (Å²) >= 11 is 3.47. The SMILES string of the molecule is Brc1cccc2c(-c3ccco3)ncnc12. The maximum Gasteiger partial charge on any atom is 0.152 e. The standard InChI is InChI=1S/C12H7BrN2O/c13-9-4-1-3-8-11(9)14-7-15-12(8)10-5-2-6-16-10/h1-7H. The van der Waals surface area contributed by atoms with E-state index < -0.39 is 0 Å². The van der Waals surface area contributed by atoms with Crippen molar-refractivity contribution in [2.24, 2.45) is 0 Å². The zero-order chi connectivity index (χ0) is 11.0. The summed E-state index contributed by atoms with van der Waals surface area (Å²) in [7, 11) is 0. The molecule has 0 amide bonds. The van der Waals surface area contributed by atoms with E-state index in [4.69, 9.17) is 4.42 Å². The predicted octanol–water partition coefficient (Wildman–Crippen LogP) is 3.65. The Morgan fingerprint density at radius 3 is 2.81 bits per heavy atom. The summed E-state index contributed by atoms with van der Waals surface area (Å²) in [5.41, 5.74) is 1.71. The van der Waals surface area contributed by atoms with Crippen LogP contribution in [0.25, 0.3) is 22.4 Å². The lowest BCUT2D eigenvalue weighted by Gasteiger charge is -2.03. The van der Waals surface area contributed by atoms with Crippen LogP contribution in [0.3, 0.4) is 0 Å². The van der Waals surface area contributed by atoms with E-state index in [9.17, 15) is 0 Å². The average molecular weight is 275 g/mol. The molecule has 0 bridgehead atoms. The first-order valence-electron chi connectivity index (χ1n) is 4.79. The van der Waals surface area contributed by atoms with Gasteiger partial charge in [-0.05, 0) is 34.1 Å². The molecule has 2 aromatic heterocycles. The molecule has 3 rings (SSSR count). The van der Waals surface area contributed by atoms with E-state index in [-0.39, 0.29) is 0 Å². The van der Waals surface area contributed by atoms with Gasteiger partial charge in [0.05, 0.1) is 11.8 Å². The van der Waals surface area contributed by atoms with Gasteiger partial charge in [0.2, 0.25) is 0 Å². The van der Waals surface area contributed by atoms with Crippen molar-refractivity contribution in [3.8, 4) is 11.5 Å². The Hall–Kier alpha value is -1.68. The lowest BCUT2D eigenvalue weighted by atomic mass is 10.1. The smallest absolute Gasteiger partial charge is 0.152 e. The highest BCUT2D eigenvalue weighted by molar-refractivity contribution is 9.10. The van der Waals surface area contributed by atoms with E-state index in [0.717, 1.165) is 26.8 Å². The molecule has 0 atom stereocenters. The molecule has 0 aliphatic rings. The normalized spacial score (nSPS) is 10.8. The van der Waals surface area contributed by atoms with Crippen LogP contribution in [0.5, 0.6) is 0 Å². The summed E-state index contributed by atoms with van der Waals surface area (Å²) in [5, 5.41) is 0.979. The molecule has 0 unspecified atom stereocenters. The number of para-hydroxylation sites is 1. The third-order valence-electron chi connectivity index (χ3n) is 2.37. The van der Waals surface area contributed by atoms with Gasteiger partial charge in [0.1, 0.15) is 12.0 Å². The van der Waals surface area contributed by atoms with E-state index in [1.165, 1.54) is 0 Å². The van der Waals surface area contributed by atoms with Crippen molar-refractivity contribution in [1.29, 1.82) is 0 Å². The molecule has 0 saturated carbocycles. The van der Waals surface area contributed by atoms with Crippen LogP contribution >= 0.6 is 15.9 Å². The van der Waals surface area contributed by atoms with Crippen LogP contribution in [-0.4, -0.2) is 9.97 Å². The molecule has 0 aliphatic heterocycles. The summed E-state index contributed by atoms with van der Waals surface area (Å²) < 4.78 is 6.32. The molecular formula is C12H7BrN2O. The quantitative estimate of drug-likeness (QED) is 0.680. The van der Waals surface area contributed by atoms with Crippen molar-refractivity contribution < 1.29 is 4.42 Å². The molecule has 0 aliphatic carbocycles. The number of benzene rings is 1. The zero-order valence-corrected chi connectivity index (χ0v) is 9.81. The van der Waals surface area contributed by atoms with Gasteiger partial charge >= 0.3 is 0 Å². The van der Waals surface area contributed by atoms with Crippen molar-refractivity contribution in [3.63, 3.8) is 0 Å². The molecule has 0 spiro atoms. The van der Waals surface area contributed by atoms with Gasteiger partial charge in [0.15, 0.2) is 5.76 Å². The van der Waals surface area contributed by atoms with Gasteiger partial charge < -0.3 is 4.42 Å². The number of nitrogens with zero attached hydrogens (tertiary/aromatic N) is 2. The molecule has 78 valence electrons. The summed E-state index contributed by atoms with van der Waals surface area (Å²) in [5.74, 6) is 0.755. The molecule has 2 heterocycles. The number of furan rings is 1. The number of hydrogen-bond donors (Lipinski definition) is 0. The summed E-state index contributed by atoms with van der Waals surface area (Å²) in [6, 6.07) is 9.64. The van der Waals surface area contributed by atoms with Gasteiger partial charge in [-0.2, -0.15) is 0 Å². The van der Waals surface area contributed by atoms with E-state index in [1.807, 2.05) is 30.3 Å². The first-order chi connectivity index (χ1) is 7.86. The largest absolute Gasteiger partial charge is 0.463 e. The summed E-state index contributed by atoms with van der Waals surface area (Å²) in [6.07, 6.45) is 3.19. The maximum atomic E-state index is 5.36. The van der Waals surface area contributed by atoms with Crippen molar-refractivity contribution in [2.45, 2.75) is 0 Å². The number of hydrogen-bond acceptors (Lipinski definition) is 3. The number of halogens is 1. The highest BCUT2D eigenvalue weighted by Gasteiger charge is 2.09. The van der Waals surface area contributed by atoms with Crippen molar-refractivity contribution in [3.05, 3.63) is 47.4 Å². The Morgan fingerprint density at radius 1 is 1.06 bits per heavy atom. The second-order valence-corrected chi connectivity index (χ2v) is 4.19. The highest BCUT2D eigenvalue weighted by atomic mass is 79.9. The highest BCUT2D eigenvalue weighted by Crippen LogP contribution is 2.29. The van der Waals surface area contributed by atoms with Crippen LogP contribution in [0.15, 0.2) is 51.8 Å². The minimum atomic E-state index is 0.755. The minimum Gasteiger partial charge on any atom is -0.463 e. The van der Waals surface area contributed by atoms with Gasteiger partial charge in [0.25, 0.3) is 0 Å². The molecule has 0 fully saturated rings. The monoisotopic (exact) mass is 274 g/mol. The van der Waals surface area contributed by atoms with Gasteiger partial charge in [-0.1, -0.05) is 12.1 Å². The molecule has 4 heteroatoms. The fourth-order valence-electron chi connectivity index (χ4n) is 1.66. The third kappa shape index (κ3) is 1.42. The number of aromatic nitrogens is 2. The molecule has 16 heavy (non-hydrogen) atoms. The van der Waals surface area contributed by atoms with Crippen LogP contribution in [0.2, 0.25) is 0 Å². The van der Waals surface area contributed by atoms with Crippen LogP contribution in [-0.2, 0) is 0 Å². The maximum absolute atomic E-state index is 5.36. The zero-order valence-electron chi connectivity index (χ0n) is 8.22. The van der Waals surface area contributed by atoms with Crippen molar-refractivity contribution >= 4 is 26.8 Å². The lowest BCUT2D eigenvalue weighted by Crippen LogP contribution is -1.88. The fourth-order valence-corrected chi connectivity index (χ4v) is 2.13. The van der Waals surface area contributed by atoms with Crippen LogP contribution in [0.4, 0.5) is 0 Å². The first-order valence-corrected chi connectivity index (χ1v) is 5.58.